The molecule has 1 unspecified atom stereocenters. The van der Waals surface area contributed by atoms with Crippen LogP contribution < -0.4 is 0 Å². The third-order valence-electron chi connectivity index (χ3n) is 2.62. The van der Waals surface area contributed by atoms with Crippen LogP contribution in [0.15, 0.2) is 40.2 Å². The zero-order valence-electron chi connectivity index (χ0n) is 8.98. The first-order chi connectivity index (χ1) is 7.74. The summed E-state index contributed by atoms with van der Waals surface area (Å²) in [4.78, 5) is 0.973. The molecule has 16 heavy (non-hydrogen) atoms. The second-order valence-electron chi connectivity index (χ2n) is 3.59. The average Bonchev–Trinajstić information content (AvgIpc) is 2.74. The highest BCUT2D eigenvalue weighted by Crippen LogP contribution is 2.34. The quantitative estimate of drug-likeness (QED) is 0.902. The molecule has 1 nitrogen and oxygen atoms in total. The van der Waals surface area contributed by atoms with Crippen LogP contribution in [0.25, 0.3) is 0 Å². The van der Waals surface area contributed by atoms with Gasteiger partial charge in [0.25, 0.3) is 0 Å². The summed E-state index contributed by atoms with van der Waals surface area (Å²) in [5.41, 5.74) is 2.21. The molecule has 0 aliphatic carbocycles. The average molecular weight is 297 g/mol. The maximum atomic E-state index is 10.4. The van der Waals surface area contributed by atoms with E-state index >= 15 is 0 Å². The number of halogens is 1. The highest BCUT2D eigenvalue weighted by Gasteiger charge is 2.17. The van der Waals surface area contributed by atoms with Crippen molar-refractivity contribution in [1.82, 2.24) is 0 Å². The molecule has 1 atom stereocenters. The molecule has 0 fully saturated rings. The summed E-state index contributed by atoms with van der Waals surface area (Å²) in [5.74, 6) is 0. The molecule has 0 saturated carbocycles. The lowest BCUT2D eigenvalue weighted by Gasteiger charge is -2.14. The van der Waals surface area contributed by atoms with Crippen LogP contribution in [0.3, 0.4) is 0 Å². The van der Waals surface area contributed by atoms with Crippen molar-refractivity contribution in [2.45, 2.75) is 19.4 Å². The van der Waals surface area contributed by atoms with E-state index < -0.39 is 6.10 Å². The van der Waals surface area contributed by atoms with E-state index in [0.717, 1.165) is 21.3 Å². The van der Waals surface area contributed by atoms with E-state index in [2.05, 4.69) is 28.9 Å². The third kappa shape index (κ3) is 2.21. The molecule has 0 aliphatic rings. The number of hydrogen-bond acceptors (Lipinski definition) is 2. The SMILES string of the molecule is CCc1ccccc1C(O)c1sccc1Br. The minimum atomic E-state index is -0.523. The molecule has 84 valence electrons. The predicted octanol–water partition coefficient (Wildman–Crippen LogP) is 4.15. The lowest BCUT2D eigenvalue weighted by Crippen LogP contribution is -2.01. The van der Waals surface area contributed by atoms with Crippen LogP contribution in [-0.4, -0.2) is 5.11 Å². The van der Waals surface area contributed by atoms with E-state index in [9.17, 15) is 5.11 Å². The van der Waals surface area contributed by atoms with Crippen LogP contribution in [-0.2, 0) is 6.42 Å². The van der Waals surface area contributed by atoms with Gasteiger partial charge in [0.15, 0.2) is 0 Å². The molecular formula is C13H13BrOS. The molecular weight excluding hydrogens is 284 g/mol. The lowest BCUT2D eigenvalue weighted by molar-refractivity contribution is 0.222. The van der Waals surface area contributed by atoms with E-state index in [4.69, 9.17) is 0 Å². The topological polar surface area (TPSA) is 20.2 Å². The van der Waals surface area contributed by atoms with Gasteiger partial charge in [0, 0.05) is 4.47 Å². The normalized spacial score (nSPS) is 12.7. The molecule has 0 bridgehead atoms. The molecule has 2 rings (SSSR count). The molecule has 1 heterocycles. The Balaban J connectivity index is 2.41. The van der Waals surface area contributed by atoms with Gasteiger partial charge in [-0.15, -0.1) is 11.3 Å². The highest BCUT2D eigenvalue weighted by molar-refractivity contribution is 9.10. The van der Waals surface area contributed by atoms with Crippen LogP contribution in [0.5, 0.6) is 0 Å². The van der Waals surface area contributed by atoms with Crippen LogP contribution >= 0.6 is 27.3 Å². The third-order valence-corrected chi connectivity index (χ3v) is 4.55. The van der Waals surface area contributed by atoms with E-state index in [1.54, 1.807) is 11.3 Å². The van der Waals surface area contributed by atoms with Crippen molar-refractivity contribution in [3.8, 4) is 0 Å². The molecule has 1 aromatic carbocycles. The smallest absolute Gasteiger partial charge is 0.115 e. The Hall–Kier alpha value is -0.640. The van der Waals surface area contributed by atoms with Gasteiger partial charge in [0.05, 0.1) is 4.88 Å². The van der Waals surface area contributed by atoms with E-state index in [1.807, 2.05) is 29.6 Å². The zero-order valence-corrected chi connectivity index (χ0v) is 11.4. The monoisotopic (exact) mass is 296 g/mol. The Kier molecular flexibility index (Phi) is 3.79. The molecule has 1 aromatic heterocycles. The van der Waals surface area contributed by atoms with Crippen LogP contribution in [0, 0.1) is 0 Å². The van der Waals surface area contributed by atoms with Crippen molar-refractivity contribution < 1.29 is 5.11 Å². The summed E-state index contributed by atoms with van der Waals surface area (Å²) in [6.45, 7) is 2.11. The fourth-order valence-corrected chi connectivity index (χ4v) is 3.36. The van der Waals surface area contributed by atoms with Gasteiger partial charge < -0.3 is 5.11 Å². The van der Waals surface area contributed by atoms with Gasteiger partial charge in [-0.1, -0.05) is 31.2 Å². The summed E-state index contributed by atoms with van der Waals surface area (Å²) < 4.78 is 0.982. The Morgan fingerprint density at radius 2 is 2.06 bits per heavy atom. The summed E-state index contributed by atoms with van der Waals surface area (Å²) >= 11 is 5.04. The van der Waals surface area contributed by atoms with Crippen molar-refractivity contribution in [2.75, 3.05) is 0 Å². The summed E-state index contributed by atoms with van der Waals surface area (Å²) in [7, 11) is 0. The molecule has 3 heteroatoms. The van der Waals surface area contributed by atoms with E-state index in [-0.39, 0.29) is 0 Å². The van der Waals surface area contributed by atoms with Gasteiger partial charge in [0.2, 0.25) is 0 Å². The molecule has 0 amide bonds. The Morgan fingerprint density at radius 3 is 2.69 bits per heavy atom. The number of aliphatic hydroxyl groups is 1. The summed E-state index contributed by atoms with van der Waals surface area (Å²) in [5, 5.41) is 12.3. The highest BCUT2D eigenvalue weighted by atomic mass is 79.9. The van der Waals surface area contributed by atoms with Crippen LogP contribution in [0.2, 0.25) is 0 Å². The second kappa shape index (κ2) is 5.13. The second-order valence-corrected chi connectivity index (χ2v) is 5.39. The van der Waals surface area contributed by atoms with Gasteiger partial charge in [-0.3, -0.25) is 0 Å². The maximum Gasteiger partial charge on any atom is 0.115 e. The lowest BCUT2D eigenvalue weighted by atomic mass is 10.00. The Labute approximate surface area is 108 Å². The van der Waals surface area contributed by atoms with Crippen molar-refractivity contribution in [3.63, 3.8) is 0 Å². The first-order valence-corrected chi connectivity index (χ1v) is 6.90. The van der Waals surface area contributed by atoms with Crippen LogP contribution in [0.1, 0.15) is 29.0 Å². The Bertz CT molecular complexity index is 478. The van der Waals surface area contributed by atoms with Crippen molar-refractivity contribution >= 4 is 27.3 Å². The van der Waals surface area contributed by atoms with E-state index in [0.29, 0.717) is 0 Å². The van der Waals surface area contributed by atoms with Crippen molar-refractivity contribution in [3.05, 3.63) is 56.2 Å². The molecule has 2 aromatic rings. The number of thiophene rings is 1. The van der Waals surface area contributed by atoms with Gasteiger partial charge in [-0.25, -0.2) is 0 Å². The van der Waals surface area contributed by atoms with Crippen molar-refractivity contribution in [2.24, 2.45) is 0 Å². The standard InChI is InChI=1S/C13H13BrOS/c1-2-9-5-3-4-6-10(9)12(15)13-11(14)7-8-16-13/h3-8,12,15H,2H2,1H3. The largest absolute Gasteiger partial charge is 0.383 e. The molecule has 0 saturated heterocycles. The van der Waals surface area contributed by atoms with E-state index in [1.165, 1.54) is 5.56 Å². The number of hydrogen-bond donors (Lipinski definition) is 1. The number of rotatable bonds is 3. The first-order valence-electron chi connectivity index (χ1n) is 5.22. The number of benzene rings is 1. The number of aryl methyl sites for hydroxylation is 1. The predicted molar refractivity (Wildman–Crippen MR) is 71.9 cm³/mol. The fourth-order valence-electron chi connectivity index (χ4n) is 1.76. The summed E-state index contributed by atoms with van der Waals surface area (Å²) in [6, 6.07) is 10.0. The minimum absolute atomic E-state index is 0.523. The number of aliphatic hydroxyl groups excluding tert-OH is 1. The Morgan fingerprint density at radius 1 is 1.31 bits per heavy atom. The van der Waals surface area contributed by atoms with Gasteiger partial charge >= 0.3 is 0 Å². The molecule has 1 N–H and O–H groups in total. The van der Waals surface area contributed by atoms with Crippen molar-refractivity contribution in [1.29, 1.82) is 0 Å². The van der Waals surface area contributed by atoms with Gasteiger partial charge in [-0.05, 0) is 44.9 Å². The maximum absolute atomic E-state index is 10.4. The zero-order chi connectivity index (χ0) is 11.5. The van der Waals surface area contributed by atoms with Gasteiger partial charge in [-0.2, -0.15) is 0 Å². The molecule has 0 spiro atoms. The summed E-state index contributed by atoms with van der Waals surface area (Å²) in [6.07, 6.45) is 0.418. The molecule has 0 radical (unpaired) electrons. The minimum Gasteiger partial charge on any atom is -0.383 e. The van der Waals surface area contributed by atoms with Gasteiger partial charge in [0.1, 0.15) is 6.10 Å². The fraction of sp³-hybridized carbons (Fsp3) is 0.231. The van der Waals surface area contributed by atoms with Crippen LogP contribution in [0.4, 0.5) is 0 Å². The first kappa shape index (κ1) is 11.8. The molecule has 0 aliphatic heterocycles.